The van der Waals surface area contributed by atoms with Gasteiger partial charge in [0.05, 0.1) is 10.2 Å². The molecule has 0 spiro atoms. The van der Waals surface area contributed by atoms with Gasteiger partial charge >= 0.3 is 5.97 Å². The van der Waals surface area contributed by atoms with E-state index in [2.05, 4.69) is 10.3 Å². The zero-order valence-electron chi connectivity index (χ0n) is 8.86. The van der Waals surface area contributed by atoms with Crippen LogP contribution in [0.2, 0.25) is 0 Å². The molecule has 0 fully saturated rings. The van der Waals surface area contributed by atoms with Crippen molar-refractivity contribution in [1.29, 1.82) is 0 Å². The summed E-state index contributed by atoms with van der Waals surface area (Å²) in [6.07, 6.45) is 0.737. The van der Waals surface area contributed by atoms with Crippen molar-refractivity contribution in [3.05, 3.63) is 23.8 Å². The number of nitrogens with one attached hydrogen (secondary N) is 1. The second-order valence-electron chi connectivity index (χ2n) is 3.46. The fraction of sp³-hybridized carbons (Fsp3) is 0.273. The van der Waals surface area contributed by atoms with E-state index >= 15 is 0 Å². The molecule has 2 N–H and O–H groups in total. The van der Waals surface area contributed by atoms with E-state index in [4.69, 9.17) is 5.11 Å². The molecule has 0 amide bonds. The summed E-state index contributed by atoms with van der Waals surface area (Å²) in [7, 11) is 1.84. The third kappa shape index (κ3) is 2.30. The normalized spacial score (nSPS) is 10.6. The van der Waals surface area contributed by atoms with Gasteiger partial charge in [-0.25, -0.2) is 4.98 Å². The minimum absolute atomic E-state index is 0.170. The molecule has 1 aromatic heterocycles. The van der Waals surface area contributed by atoms with Gasteiger partial charge in [0.25, 0.3) is 0 Å². The molecule has 0 saturated heterocycles. The molecule has 16 heavy (non-hydrogen) atoms. The molecule has 0 aliphatic heterocycles. The molecule has 5 heteroatoms. The van der Waals surface area contributed by atoms with Crippen LogP contribution in [0.1, 0.15) is 12.0 Å². The molecule has 0 bridgehead atoms. The maximum Gasteiger partial charge on any atom is 0.303 e. The highest BCUT2D eigenvalue weighted by Crippen LogP contribution is 2.26. The number of anilines is 1. The van der Waals surface area contributed by atoms with E-state index in [0.29, 0.717) is 6.42 Å². The number of aromatic nitrogens is 1. The fourth-order valence-corrected chi connectivity index (χ4v) is 2.37. The Labute approximate surface area is 96.9 Å². The second-order valence-corrected chi connectivity index (χ2v) is 4.50. The first kappa shape index (κ1) is 10.9. The van der Waals surface area contributed by atoms with Gasteiger partial charge in [0, 0.05) is 13.5 Å². The summed E-state index contributed by atoms with van der Waals surface area (Å²) in [5.74, 6) is -0.764. The Kier molecular flexibility index (Phi) is 3.05. The maximum atomic E-state index is 10.5. The number of carbonyl (C=O) groups is 1. The fourth-order valence-electron chi connectivity index (χ4n) is 1.48. The Balaban J connectivity index is 2.25. The van der Waals surface area contributed by atoms with Crippen molar-refractivity contribution < 1.29 is 9.90 Å². The second kappa shape index (κ2) is 4.49. The van der Waals surface area contributed by atoms with Crippen LogP contribution < -0.4 is 5.32 Å². The van der Waals surface area contributed by atoms with Crippen LogP contribution >= 0.6 is 11.3 Å². The average Bonchev–Trinajstić information content (AvgIpc) is 2.68. The van der Waals surface area contributed by atoms with Crippen LogP contribution in [0.25, 0.3) is 10.2 Å². The van der Waals surface area contributed by atoms with Crippen molar-refractivity contribution in [3.8, 4) is 0 Å². The lowest BCUT2D eigenvalue weighted by atomic mass is 10.1. The number of aryl methyl sites for hydroxylation is 1. The van der Waals surface area contributed by atoms with E-state index in [0.717, 1.165) is 20.9 Å². The number of nitrogens with zero attached hydrogens (tertiary/aromatic N) is 1. The number of hydrogen-bond acceptors (Lipinski definition) is 4. The molecule has 1 heterocycles. The molecule has 0 aliphatic rings. The van der Waals surface area contributed by atoms with Gasteiger partial charge in [0.1, 0.15) is 0 Å². The van der Waals surface area contributed by atoms with E-state index < -0.39 is 5.97 Å². The smallest absolute Gasteiger partial charge is 0.303 e. The number of hydrogen-bond donors (Lipinski definition) is 2. The Bertz CT molecular complexity index is 522. The molecule has 0 atom stereocenters. The first-order chi connectivity index (χ1) is 7.69. The third-order valence-corrected chi connectivity index (χ3v) is 3.33. The molecular weight excluding hydrogens is 224 g/mol. The monoisotopic (exact) mass is 236 g/mol. The first-order valence-electron chi connectivity index (χ1n) is 4.98. The lowest BCUT2D eigenvalue weighted by molar-refractivity contribution is -0.136. The number of benzene rings is 1. The third-order valence-electron chi connectivity index (χ3n) is 2.29. The van der Waals surface area contributed by atoms with Crippen molar-refractivity contribution in [3.63, 3.8) is 0 Å². The molecule has 2 aromatic rings. The molecule has 2 rings (SSSR count). The standard InChI is InChI=1S/C11H12N2O2S/c1-12-11-13-8-4-2-7(3-5-10(14)15)6-9(8)16-11/h2,4,6H,3,5H2,1H3,(H,12,13)(H,14,15). The Morgan fingerprint density at radius 3 is 3.06 bits per heavy atom. The van der Waals surface area contributed by atoms with Crippen LogP contribution in [0.15, 0.2) is 18.2 Å². The lowest BCUT2D eigenvalue weighted by Crippen LogP contribution is -1.96. The lowest BCUT2D eigenvalue weighted by Gasteiger charge is -1.97. The number of rotatable bonds is 4. The van der Waals surface area contributed by atoms with Gasteiger partial charge in [-0.1, -0.05) is 17.4 Å². The van der Waals surface area contributed by atoms with Gasteiger partial charge in [-0.3, -0.25) is 4.79 Å². The highest BCUT2D eigenvalue weighted by molar-refractivity contribution is 7.22. The number of carboxylic acid groups (broad SMARTS) is 1. The van der Waals surface area contributed by atoms with Crippen molar-refractivity contribution in [2.24, 2.45) is 0 Å². The molecule has 4 nitrogen and oxygen atoms in total. The van der Waals surface area contributed by atoms with E-state index in [-0.39, 0.29) is 6.42 Å². The molecule has 0 unspecified atom stereocenters. The summed E-state index contributed by atoms with van der Waals surface area (Å²) in [6, 6.07) is 5.88. The number of thiazole rings is 1. The van der Waals surface area contributed by atoms with Gasteiger partial charge in [-0.2, -0.15) is 0 Å². The van der Waals surface area contributed by atoms with Gasteiger partial charge in [-0.15, -0.1) is 0 Å². The van der Waals surface area contributed by atoms with E-state index in [1.54, 1.807) is 11.3 Å². The Hall–Kier alpha value is -1.62. The largest absolute Gasteiger partial charge is 0.481 e. The van der Waals surface area contributed by atoms with Crippen molar-refractivity contribution in [1.82, 2.24) is 4.98 Å². The summed E-state index contributed by atoms with van der Waals surface area (Å²) in [4.78, 5) is 14.8. The average molecular weight is 236 g/mol. The summed E-state index contributed by atoms with van der Waals surface area (Å²) < 4.78 is 1.09. The SMILES string of the molecule is CNc1nc2ccc(CCC(=O)O)cc2s1. The predicted octanol–water partition coefficient (Wildman–Crippen LogP) is 2.36. The van der Waals surface area contributed by atoms with Crippen LogP contribution in [-0.2, 0) is 11.2 Å². The zero-order valence-corrected chi connectivity index (χ0v) is 9.67. The highest BCUT2D eigenvalue weighted by Gasteiger charge is 2.04. The maximum absolute atomic E-state index is 10.5. The van der Waals surface area contributed by atoms with Crippen LogP contribution in [0.3, 0.4) is 0 Å². The Morgan fingerprint density at radius 2 is 2.38 bits per heavy atom. The van der Waals surface area contributed by atoms with Crippen molar-refractivity contribution >= 4 is 32.7 Å². The van der Waals surface area contributed by atoms with Crippen molar-refractivity contribution in [2.75, 3.05) is 12.4 Å². The molecule has 0 aliphatic carbocycles. The van der Waals surface area contributed by atoms with Crippen LogP contribution in [0.5, 0.6) is 0 Å². The first-order valence-corrected chi connectivity index (χ1v) is 5.79. The molecule has 1 aromatic carbocycles. The quantitative estimate of drug-likeness (QED) is 0.855. The van der Waals surface area contributed by atoms with Gasteiger partial charge in [0.15, 0.2) is 5.13 Å². The highest BCUT2D eigenvalue weighted by atomic mass is 32.1. The van der Waals surface area contributed by atoms with E-state index in [9.17, 15) is 4.79 Å². The summed E-state index contributed by atoms with van der Waals surface area (Å²) in [5.41, 5.74) is 2.00. The topological polar surface area (TPSA) is 62.2 Å². The van der Waals surface area contributed by atoms with Crippen molar-refractivity contribution in [2.45, 2.75) is 12.8 Å². The molecule has 0 radical (unpaired) electrons. The number of carboxylic acids is 1. The van der Waals surface area contributed by atoms with Crippen LogP contribution in [-0.4, -0.2) is 23.1 Å². The Morgan fingerprint density at radius 1 is 1.56 bits per heavy atom. The van der Waals surface area contributed by atoms with Gasteiger partial charge in [-0.05, 0) is 24.1 Å². The summed E-state index contributed by atoms with van der Waals surface area (Å²) >= 11 is 1.58. The van der Waals surface area contributed by atoms with E-state index in [1.165, 1.54) is 0 Å². The van der Waals surface area contributed by atoms with E-state index in [1.807, 2.05) is 25.2 Å². The molecule has 84 valence electrons. The predicted molar refractivity (Wildman–Crippen MR) is 65.1 cm³/mol. The van der Waals surface area contributed by atoms with Crippen LogP contribution in [0.4, 0.5) is 5.13 Å². The zero-order chi connectivity index (χ0) is 11.5. The molecular formula is C11H12N2O2S. The minimum atomic E-state index is -0.764. The number of aliphatic carboxylic acids is 1. The number of fused-ring (bicyclic) bond motifs is 1. The van der Waals surface area contributed by atoms with Gasteiger partial charge in [0.2, 0.25) is 0 Å². The molecule has 0 saturated carbocycles. The van der Waals surface area contributed by atoms with Gasteiger partial charge < -0.3 is 10.4 Å². The summed E-state index contributed by atoms with van der Waals surface area (Å²) in [5, 5.41) is 12.5. The van der Waals surface area contributed by atoms with Crippen LogP contribution in [0, 0.1) is 0 Å². The summed E-state index contributed by atoms with van der Waals surface area (Å²) in [6.45, 7) is 0. The minimum Gasteiger partial charge on any atom is -0.481 e.